The second-order valence-electron chi connectivity index (χ2n) is 5.37. The zero-order valence-electron chi connectivity index (χ0n) is 12.4. The van der Waals surface area contributed by atoms with E-state index >= 15 is 0 Å². The summed E-state index contributed by atoms with van der Waals surface area (Å²) in [7, 11) is 0. The Bertz CT molecular complexity index is 684. The minimum atomic E-state index is -0.472. The third-order valence-electron chi connectivity index (χ3n) is 3.81. The molecule has 1 unspecified atom stereocenters. The molecule has 2 aromatic rings. The molecule has 0 aliphatic carbocycles. The summed E-state index contributed by atoms with van der Waals surface area (Å²) in [6.45, 7) is 0.832. The van der Waals surface area contributed by atoms with E-state index < -0.39 is 6.04 Å². The molecule has 0 saturated carbocycles. The Morgan fingerprint density at radius 1 is 1.26 bits per heavy atom. The van der Waals surface area contributed by atoms with Gasteiger partial charge in [-0.1, -0.05) is 34.1 Å². The largest absolute Gasteiger partial charge is 0.459 e. The van der Waals surface area contributed by atoms with Crippen LogP contribution in [0.1, 0.15) is 28.1 Å². The number of halogens is 1. The Morgan fingerprint density at radius 3 is 2.74 bits per heavy atom. The Labute approximate surface area is 147 Å². The van der Waals surface area contributed by atoms with Gasteiger partial charge in [-0.3, -0.25) is 4.79 Å². The molecule has 1 aromatic carbocycles. The minimum Gasteiger partial charge on any atom is -0.459 e. The van der Waals surface area contributed by atoms with Gasteiger partial charge in [-0.15, -0.1) is 11.3 Å². The topological polar surface area (TPSA) is 46.6 Å². The number of carbonyl (C=O) groups excluding carboxylic acids is 2. The Morgan fingerprint density at radius 2 is 2.04 bits per heavy atom. The van der Waals surface area contributed by atoms with Gasteiger partial charge in [0.15, 0.2) is 0 Å². The van der Waals surface area contributed by atoms with E-state index in [9.17, 15) is 9.59 Å². The van der Waals surface area contributed by atoms with Crippen molar-refractivity contribution in [2.24, 2.45) is 0 Å². The maximum Gasteiger partial charge on any atom is 0.329 e. The minimum absolute atomic E-state index is 0.0805. The van der Waals surface area contributed by atoms with Crippen molar-refractivity contribution in [2.45, 2.75) is 25.5 Å². The highest BCUT2D eigenvalue weighted by Crippen LogP contribution is 2.23. The molecule has 1 aliphatic rings. The average Bonchev–Trinajstić information content (AvgIpc) is 3.24. The fraction of sp³-hybridized carbons (Fsp3) is 0.294. The van der Waals surface area contributed by atoms with Crippen LogP contribution in [0.4, 0.5) is 0 Å². The highest BCUT2D eigenvalue weighted by atomic mass is 79.9. The lowest BCUT2D eigenvalue weighted by Gasteiger charge is -2.22. The molecule has 1 aromatic heterocycles. The Kier molecular flexibility index (Phi) is 5.13. The summed E-state index contributed by atoms with van der Waals surface area (Å²) in [6.07, 6.45) is 1.49. The first-order chi connectivity index (χ1) is 11.1. The van der Waals surface area contributed by atoms with E-state index in [1.54, 1.807) is 11.0 Å². The zero-order chi connectivity index (χ0) is 16.2. The maximum atomic E-state index is 12.5. The number of hydrogen-bond donors (Lipinski definition) is 0. The van der Waals surface area contributed by atoms with Crippen LogP contribution in [0.2, 0.25) is 0 Å². The normalized spacial score (nSPS) is 17.3. The van der Waals surface area contributed by atoms with Gasteiger partial charge in [0.2, 0.25) is 0 Å². The molecule has 1 atom stereocenters. The molecule has 2 heterocycles. The predicted octanol–water partition coefficient (Wildman–Crippen LogP) is 3.86. The number of esters is 1. The summed E-state index contributed by atoms with van der Waals surface area (Å²) < 4.78 is 6.39. The van der Waals surface area contributed by atoms with E-state index in [1.807, 2.05) is 35.7 Å². The fourth-order valence-electron chi connectivity index (χ4n) is 2.63. The van der Waals surface area contributed by atoms with Gasteiger partial charge in [0.25, 0.3) is 5.91 Å². The van der Waals surface area contributed by atoms with Crippen molar-refractivity contribution in [3.63, 3.8) is 0 Å². The van der Waals surface area contributed by atoms with Gasteiger partial charge in [-0.2, -0.15) is 0 Å². The number of likely N-dealkylation sites (tertiary alicyclic amines) is 1. The number of benzene rings is 1. The predicted molar refractivity (Wildman–Crippen MR) is 92.3 cm³/mol. The lowest BCUT2D eigenvalue weighted by atomic mass is 10.2. The van der Waals surface area contributed by atoms with Crippen molar-refractivity contribution in [1.82, 2.24) is 4.90 Å². The zero-order valence-corrected chi connectivity index (χ0v) is 14.8. The van der Waals surface area contributed by atoms with Crippen molar-refractivity contribution in [3.8, 4) is 0 Å². The van der Waals surface area contributed by atoms with Crippen LogP contribution in [0.25, 0.3) is 0 Å². The van der Waals surface area contributed by atoms with Gasteiger partial charge < -0.3 is 9.64 Å². The summed E-state index contributed by atoms with van der Waals surface area (Å²) in [5.41, 5.74) is 0.927. The number of carbonyl (C=O) groups is 2. The van der Waals surface area contributed by atoms with Gasteiger partial charge in [-0.25, -0.2) is 4.79 Å². The van der Waals surface area contributed by atoms with Gasteiger partial charge in [0, 0.05) is 11.0 Å². The summed E-state index contributed by atoms with van der Waals surface area (Å²) in [6, 6.07) is 10.8. The van der Waals surface area contributed by atoms with Crippen LogP contribution in [0.5, 0.6) is 0 Å². The van der Waals surface area contributed by atoms with Crippen LogP contribution in [0.3, 0.4) is 0 Å². The fourth-order valence-corrected chi connectivity index (χ4v) is 3.57. The van der Waals surface area contributed by atoms with Crippen molar-refractivity contribution < 1.29 is 14.3 Å². The van der Waals surface area contributed by atoms with E-state index in [1.165, 1.54) is 11.3 Å². The molecule has 0 radical (unpaired) electrons. The summed E-state index contributed by atoms with van der Waals surface area (Å²) in [5.74, 6) is -0.404. The lowest BCUT2D eigenvalue weighted by molar-refractivity contribution is -0.149. The highest BCUT2D eigenvalue weighted by molar-refractivity contribution is 9.10. The molecule has 0 N–H and O–H groups in total. The van der Waals surface area contributed by atoms with Gasteiger partial charge >= 0.3 is 5.97 Å². The Hall–Kier alpha value is -1.66. The van der Waals surface area contributed by atoms with E-state index in [0.29, 0.717) is 17.8 Å². The monoisotopic (exact) mass is 393 g/mol. The summed E-state index contributed by atoms with van der Waals surface area (Å²) in [5, 5.41) is 1.87. The lowest BCUT2D eigenvalue weighted by Crippen LogP contribution is -2.41. The smallest absolute Gasteiger partial charge is 0.329 e. The Balaban J connectivity index is 1.61. The van der Waals surface area contributed by atoms with E-state index in [-0.39, 0.29) is 18.5 Å². The van der Waals surface area contributed by atoms with Gasteiger partial charge in [0.1, 0.15) is 12.6 Å². The first kappa shape index (κ1) is 16.2. The van der Waals surface area contributed by atoms with Gasteiger partial charge in [0.05, 0.1) is 4.88 Å². The first-order valence-electron chi connectivity index (χ1n) is 7.41. The van der Waals surface area contributed by atoms with Gasteiger partial charge in [-0.05, 0) is 42.0 Å². The molecular formula is C17H16BrNO3S. The number of amides is 1. The summed E-state index contributed by atoms with van der Waals surface area (Å²) >= 11 is 4.77. The quantitative estimate of drug-likeness (QED) is 0.740. The van der Waals surface area contributed by atoms with Crippen molar-refractivity contribution in [3.05, 3.63) is 56.7 Å². The number of ether oxygens (including phenoxy) is 1. The number of thiophene rings is 1. The molecular weight excluding hydrogens is 378 g/mol. The van der Waals surface area contributed by atoms with Crippen molar-refractivity contribution in [1.29, 1.82) is 0 Å². The SMILES string of the molecule is O=C(OCc1ccc(Br)cc1)C1CCCN1C(=O)c1cccs1. The molecule has 3 rings (SSSR count). The third kappa shape index (κ3) is 3.82. The molecule has 4 nitrogen and oxygen atoms in total. The molecule has 0 bridgehead atoms. The molecule has 0 spiro atoms. The van der Waals surface area contributed by atoms with Crippen LogP contribution >= 0.6 is 27.3 Å². The highest BCUT2D eigenvalue weighted by Gasteiger charge is 2.35. The molecule has 6 heteroatoms. The maximum absolute atomic E-state index is 12.5. The van der Waals surface area contributed by atoms with Crippen LogP contribution in [0, 0.1) is 0 Å². The number of hydrogen-bond acceptors (Lipinski definition) is 4. The molecule has 23 heavy (non-hydrogen) atoms. The number of nitrogens with zero attached hydrogens (tertiary/aromatic N) is 1. The van der Waals surface area contributed by atoms with Crippen LogP contribution in [-0.2, 0) is 16.1 Å². The molecule has 120 valence electrons. The summed E-state index contributed by atoms with van der Waals surface area (Å²) in [4.78, 5) is 27.1. The van der Waals surface area contributed by atoms with Crippen LogP contribution in [-0.4, -0.2) is 29.4 Å². The molecule has 1 amide bonds. The second-order valence-corrected chi connectivity index (χ2v) is 7.23. The molecule has 1 saturated heterocycles. The van der Waals surface area contributed by atoms with Crippen LogP contribution in [0.15, 0.2) is 46.3 Å². The van der Waals surface area contributed by atoms with E-state index in [4.69, 9.17) is 4.74 Å². The molecule has 1 fully saturated rings. The van der Waals surface area contributed by atoms with E-state index in [2.05, 4.69) is 15.9 Å². The van der Waals surface area contributed by atoms with E-state index in [0.717, 1.165) is 16.5 Å². The van der Waals surface area contributed by atoms with Crippen molar-refractivity contribution >= 4 is 39.1 Å². The van der Waals surface area contributed by atoms with Crippen molar-refractivity contribution in [2.75, 3.05) is 6.54 Å². The third-order valence-corrected chi connectivity index (χ3v) is 5.20. The standard InChI is InChI=1S/C17H16BrNO3S/c18-13-7-5-12(6-8-13)11-22-17(21)14-3-1-9-19(14)16(20)15-4-2-10-23-15/h2,4-8,10,14H,1,3,9,11H2. The molecule has 1 aliphatic heterocycles. The second kappa shape index (κ2) is 7.27. The number of rotatable bonds is 4. The first-order valence-corrected chi connectivity index (χ1v) is 9.08. The van der Waals surface area contributed by atoms with Crippen LogP contribution < -0.4 is 0 Å². The average molecular weight is 394 g/mol.